The predicted molar refractivity (Wildman–Crippen MR) is 85.5 cm³/mol. The largest absolute Gasteiger partial charge is 0.396 e. The summed E-state index contributed by atoms with van der Waals surface area (Å²) in [5.74, 6) is 0.429. The predicted octanol–water partition coefficient (Wildman–Crippen LogP) is 1.98. The maximum absolute atomic E-state index is 12.6. The van der Waals surface area contributed by atoms with E-state index in [4.69, 9.17) is 5.11 Å². The highest BCUT2D eigenvalue weighted by Crippen LogP contribution is 2.22. The zero-order valence-corrected chi connectivity index (χ0v) is 13.7. The van der Waals surface area contributed by atoms with E-state index in [1.54, 1.807) is 6.92 Å². The number of nitrogens with one attached hydrogen (secondary N) is 1. The number of likely N-dealkylation sites (tertiary alicyclic amines) is 1. The van der Waals surface area contributed by atoms with Crippen LogP contribution in [-0.4, -0.2) is 52.8 Å². The molecular formula is C17H26N2O3. The normalized spacial score (nSPS) is 16.9. The van der Waals surface area contributed by atoms with Crippen molar-refractivity contribution in [1.82, 2.24) is 9.88 Å². The van der Waals surface area contributed by atoms with Crippen LogP contribution in [0.2, 0.25) is 0 Å². The Morgan fingerprint density at radius 1 is 1.32 bits per heavy atom. The maximum atomic E-state index is 12.6. The van der Waals surface area contributed by atoms with Crippen molar-refractivity contribution in [2.75, 3.05) is 26.2 Å². The molecule has 0 atom stereocenters. The summed E-state index contributed by atoms with van der Waals surface area (Å²) < 4.78 is 0. The number of carbonyl (C=O) groups excluding carboxylic acids is 2. The zero-order chi connectivity index (χ0) is 16.3. The van der Waals surface area contributed by atoms with Crippen LogP contribution in [0.4, 0.5) is 0 Å². The second-order valence-corrected chi connectivity index (χ2v) is 6.21. The number of piperidine rings is 1. The lowest BCUT2D eigenvalue weighted by Gasteiger charge is -2.30. The van der Waals surface area contributed by atoms with Gasteiger partial charge in [-0.1, -0.05) is 6.92 Å². The minimum Gasteiger partial charge on any atom is -0.396 e. The first kappa shape index (κ1) is 16.9. The first-order valence-corrected chi connectivity index (χ1v) is 8.06. The fourth-order valence-corrected chi connectivity index (χ4v) is 3.35. The highest BCUT2D eigenvalue weighted by atomic mass is 16.3. The van der Waals surface area contributed by atoms with E-state index in [1.807, 2.05) is 13.8 Å². The Morgan fingerprint density at radius 2 is 1.95 bits per heavy atom. The molecule has 1 aromatic heterocycles. The summed E-state index contributed by atoms with van der Waals surface area (Å²) in [6.45, 7) is 7.67. The molecule has 0 spiro atoms. The van der Waals surface area contributed by atoms with Gasteiger partial charge in [-0.05, 0) is 57.7 Å². The minimum absolute atomic E-state index is 0.00779. The third-order valence-corrected chi connectivity index (χ3v) is 4.61. The molecular weight excluding hydrogens is 280 g/mol. The molecule has 0 saturated carbocycles. The monoisotopic (exact) mass is 306 g/mol. The number of hydrogen-bond donors (Lipinski definition) is 2. The molecule has 2 N–H and O–H groups in total. The Morgan fingerprint density at radius 3 is 2.45 bits per heavy atom. The van der Waals surface area contributed by atoms with Crippen LogP contribution < -0.4 is 0 Å². The number of nitrogens with zero attached hydrogens (tertiary/aromatic N) is 1. The lowest BCUT2D eigenvalue weighted by molar-refractivity contribution is 0.0859. The molecule has 122 valence electrons. The molecule has 0 aliphatic carbocycles. The van der Waals surface area contributed by atoms with E-state index in [0.717, 1.165) is 37.2 Å². The number of H-pyrrole nitrogens is 1. The Kier molecular flexibility index (Phi) is 5.53. The van der Waals surface area contributed by atoms with Crippen molar-refractivity contribution >= 4 is 11.6 Å². The molecule has 0 aromatic carbocycles. The molecule has 1 aliphatic heterocycles. The Bertz CT molecular complexity index is 554. The van der Waals surface area contributed by atoms with Gasteiger partial charge in [0.1, 0.15) is 0 Å². The van der Waals surface area contributed by atoms with Crippen molar-refractivity contribution in [2.24, 2.45) is 5.92 Å². The summed E-state index contributed by atoms with van der Waals surface area (Å²) in [6.07, 6.45) is 2.55. The molecule has 1 aliphatic rings. The maximum Gasteiger partial charge on any atom is 0.193 e. The third-order valence-electron chi connectivity index (χ3n) is 4.61. The fraction of sp³-hybridized carbons (Fsp3) is 0.647. The lowest BCUT2D eigenvalue weighted by Crippen LogP contribution is -2.38. The van der Waals surface area contributed by atoms with Crippen LogP contribution in [0.5, 0.6) is 0 Å². The van der Waals surface area contributed by atoms with Crippen molar-refractivity contribution in [3.05, 3.63) is 22.5 Å². The molecule has 0 unspecified atom stereocenters. The number of aryl methyl sites for hydroxylation is 1. The van der Waals surface area contributed by atoms with Crippen molar-refractivity contribution in [3.63, 3.8) is 0 Å². The molecule has 1 aromatic rings. The number of aromatic nitrogens is 1. The third kappa shape index (κ3) is 3.47. The molecule has 0 amide bonds. The van der Waals surface area contributed by atoms with Gasteiger partial charge < -0.3 is 10.1 Å². The summed E-state index contributed by atoms with van der Waals surface area (Å²) >= 11 is 0. The molecule has 0 bridgehead atoms. The lowest BCUT2D eigenvalue weighted by atomic mass is 9.97. The van der Waals surface area contributed by atoms with Gasteiger partial charge in [0.25, 0.3) is 0 Å². The van der Waals surface area contributed by atoms with Crippen LogP contribution in [0, 0.1) is 12.8 Å². The number of hydrogen-bond acceptors (Lipinski definition) is 4. The SMILES string of the molecule is CCc1c(C(=O)CN2CCC(CO)CC2)[nH]c(C)c1C(C)=O. The number of aliphatic hydroxyl groups excluding tert-OH is 1. The van der Waals surface area contributed by atoms with E-state index in [1.165, 1.54) is 0 Å². The van der Waals surface area contributed by atoms with Crippen LogP contribution in [0.1, 0.15) is 58.8 Å². The highest BCUT2D eigenvalue weighted by Gasteiger charge is 2.25. The molecule has 22 heavy (non-hydrogen) atoms. The molecule has 5 heteroatoms. The Labute approximate surface area is 131 Å². The second-order valence-electron chi connectivity index (χ2n) is 6.21. The minimum atomic E-state index is 0.00779. The van der Waals surface area contributed by atoms with Crippen LogP contribution in [0.25, 0.3) is 0 Å². The van der Waals surface area contributed by atoms with E-state index in [9.17, 15) is 9.59 Å². The Hall–Kier alpha value is -1.46. The summed E-state index contributed by atoms with van der Waals surface area (Å²) in [6, 6.07) is 0. The summed E-state index contributed by atoms with van der Waals surface area (Å²) in [4.78, 5) is 29.6. The van der Waals surface area contributed by atoms with E-state index in [2.05, 4.69) is 9.88 Å². The molecule has 0 radical (unpaired) electrons. The Balaban J connectivity index is 2.10. The second kappa shape index (κ2) is 7.20. The number of Topliss-reactive ketones (excluding diaryl/α,β-unsaturated/α-hetero) is 2. The van der Waals surface area contributed by atoms with Gasteiger partial charge >= 0.3 is 0 Å². The van der Waals surface area contributed by atoms with E-state index in [-0.39, 0.29) is 18.2 Å². The summed E-state index contributed by atoms with van der Waals surface area (Å²) in [5, 5.41) is 9.17. The van der Waals surface area contributed by atoms with Gasteiger partial charge in [-0.3, -0.25) is 14.5 Å². The molecule has 1 saturated heterocycles. The average molecular weight is 306 g/mol. The smallest absolute Gasteiger partial charge is 0.193 e. The molecule has 2 rings (SSSR count). The topological polar surface area (TPSA) is 73.4 Å². The van der Waals surface area contributed by atoms with Gasteiger partial charge in [0.15, 0.2) is 11.6 Å². The average Bonchev–Trinajstić information content (AvgIpc) is 2.84. The van der Waals surface area contributed by atoms with Crippen LogP contribution in [-0.2, 0) is 6.42 Å². The summed E-state index contributed by atoms with van der Waals surface area (Å²) in [5.41, 5.74) is 2.89. The fourth-order valence-electron chi connectivity index (χ4n) is 3.35. The summed E-state index contributed by atoms with van der Waals surface area (Å²) in [7, 11) is 0. The van der Waals surface area contributed by atoms with Crippen LogP contribution in [0.15, 0.2) is 0 Å². The van der Waals surface area contributed by atoms with Crippen molar-refractivity contribution in [3.8, 4) is 0 Å². The van der Waals surface area contributed by atoms with E-state index in [0.29, 0.717) is 30.1 Å². The van der Waals surface area contributed by atoms with Gasteiger partial charge in [-0.2, -0.15) is 0 Å². The van der Waals surface area contributed by atoms with Crippen LogP contribution in [0.3, 0.4) is 0 Å². The zero-order valence-electron chi connectivity index (χ0n) is 13.7. The van der Waals surface area contributed by atoms with Gasteiger partial charge in [0, 0.05) is 17.9 Å². The number of aliphatic hydroxyl groups is 1. The molecule has 1 fully saturated rings. The number of ketones is 2. The van der Waals surface area contributed by atoms with Crippen molar-refractivity contribution in [1.29, 1.82) is 0 Å². The van der Waals surface area contributed by atoms with Crippen LogP contribution >= 0.6 is 0 Å². The standard InChI is InChI=1S/C17H26N2O3/c1-4-14-16(12(3)21)11(2)18-17(14)15(22)9-19-7-5-13(10-20)6-8-19/h13,18,20H,4-10H2,1-3H3. The number of rotatable bonds is 6. The van der Waals surface area contributed by atoms with Gasteiger partial charge in [0.2, 0.25) is 0 Å². The van der Waals surface area contributed by atoms with Crippen molar-refractivity contribution in [2.45, 2.75) is 40.0 Å². The molecule has 2 heterocycles. The van der Waals surface area contributed by atoms with E-state index >= 15 is 0 Å². The van der Waals surface area contributed by atoms with E-state index < -0.39 is 0 Å². The number of carbonyl (C=O) groups is 2. The van der Waals surface area contributed by atoms with Gasteiger partial charge in [-0.25, -0.2) is 0 Å². The highest BCUT2D eigenvalue weighted by molar-refractivity contribution is 6.04. The first-order valence-electron chi connectivity index (χ1n) is 8.06. The number of aromatic amines is 1. The first-order chi connectivity index (χ1) is 10.5. The van der Waals surface area contributed by atoms with Gasteiger partial charge in [-0.15, -0.1) is 0 Å². The van der Waals surface area contributed by atoms with Gasteiger partial charge in [0.05, 0.1) is 12.2 Å². The quantitative estimate of drug-likeness (QED) is 0.788. The van der Waals surface area contributed by atoms with Crippen molar-refractivity contribution < 1.29 is 14.7 Å². The molecule has 5 nitrogen and oxygen atoms in total.